The van der Waals surface area contributed by atoms with Gasteiger partial charge in [-0.2, -0.15) is 0 Å². The zero-order valence-electron chi connectivity index (χ0n) is 10.9. The summed E-state index contributed by atoms with van der Waals surface area (Å²) in [4.78, 5) is 11.7. The Morgan fingerprint density at radius 3 is 2.75 bits per heavy atom. The third-order valence-electron chi connectivity index (χ3n) is 2.67. The number of aryl methyl sites for hydroxylation is 1. The van der Waals surface area contributed by atoms with Gasteiger partial charge in [0.2, 0.25) is 0 Å². The highest BCUT2D eigenvalue weighted by Crippen LogP contribution is 2.20. The number of amides is 2. The molecule has 1 atom stereocenters. The summed E-state index contributed by atoms with van der Waals surface area (Å²) in [5.41, 5.74) is 0.509. The molecule has 106 valence electrons. The van der Waals surface area contributed by atoms with E-state index in [0.29, 0.717) is 22.2 Å². The van der Waals surface area contributed by atoms with Gasteiger partial charge in [0.05, 0.1) is 17.3 Å². The Balaban J connectivity index is 1.85. The van der Waals surface area contributed by atoms with E-state index in [1.165, 1.54) is 0 Å². The molecule has 0 aliphatic rings. The number of benzene rings is 1. The van der Waals surface area contributed by atoms with Crippen molar-refractivity contribution in [3.8, 4) is 0 Å². The van der Waals surface area contributed by atoms with E-state index in [2.05, 4.69) is 10.6 Å². The second-order valence-corrected chi connectivity index (χ2v) is 4.69. The molecule has 20 heavy (non-hydrogen) atoms. The molecule has 0 unspecified atom stereocenters. The highest BCUT2D eigenvalue weighted by molar-refractivity contribution is 6.33. The lowest BCUT2D eigenvalue weighted by atomic mass is 10.3. The van der Waals surface area contributed by atoms with E-state index >= 15 is 0 Å². The Hall–Kier alpha value is -1.98. The molecular weight excluding hydrogens is 280 g/mol. The normalized spacial score (nSPS) is 11.9. The summed E-state index contributed by atoms with van der Waals surface area (Å²) in [6.45, 7) is 1.83. The van der Waals surface area contributed by atoms with Crippen molar-refractivity contribution < 1.29 is 14.3 Å². The van der Waals surface area contributed by atoms with Crippen molar-refractivity contribution in [2.45, 2.75) is 13.0 Å². The van der Waals surface area contributed by atoms with Gasteiger partial charge in [-0.25, -0.2) is 4.79 Å². The van der Waals surface area contributed by atoms with Gasteiger partial charge >= 0.3 is 6.03 Å². The monoisotopic (exact) mass is 294 g/mol. The van der Waals surface area contributed by atoms with Gasteiger partial charge in [0.25, 0.3) is 0 Å². The van der Waals surface area contributed by atoms with Crippen LogP contribution in [0.25, 0.3) is 0 Å². The maximum atomic E-state index is 11.7. The Kier molecular flexibility index (Phi) is 4.65. The minimum atomic E-state index is -0.888. The highest BCUT2D eigenvalue weighted by atomic mass is 35.5. The van der Waals surface area contributed by atoms with Crippen LogP contribution in [0.3, 0.4) is 0 Å². The van der Waals surface area contributed by atoms with Crippen molar-refractivity contribution in [1.82, 2.24) is 5.32 Å². The Morgan fingerprint density at radius 2 is 2.10 bits per heavy atom. The molecule has 1 aromatic heterocycles. The summed E-state index contributed by atoms with van der Waals surface area (Å²) in [5, 5.41) is 15.4. The van der Waals surface area contributed by atoms with Crippen LogP contribution in [-0.4, -0.2) is 17.7 Å². The first-order valence-corrected chi connectivity index (χ1v) is 6.48. The number of furan rings is 1. The fourth-order valence-electron chi connectivity index (χ4n) is 1.65. The van der Waals surface area contributed by atoms with Gasteiger partial charge in [0.1, 0.15) is 17.6 Å². The van der Waals surface area contributed by atoms with Gasteiger partial charge in [-0.3, -0.25) is 0 Å². The number of aliphatic hydroxyl groups is 1. The number of carbonyl (C=O) groups excluding carboxylic acids is 1. The predicted octanol–water partition coefficient (Wildman–Crippen LogP) is 3.10. The van der Waals surface area contributed by atoms with Crippen molar-refractivity contribution in [2.75, 3.05) is 11.9 Å². The molecule has 0 fully saturated rings. The van der Waals surface area contributed by atoms with Gasteiger partial charge < -0.3 is 20.2 Å². The second-order valence-electron chi connectivity index (χ2n) is 4.28. The molecule has 2 amide bonds. The second kappa shape index (κ2) is 6.45. The van der Waals surface area contributed by atoms with Crippen molar-refractivity contribution >= 4 is 23.3 Å². The van der Waals surface area contributed by atoms with E-state index in [1.54, 1.807) is 43.3 Å². The first kappa shape index (κ1) is 14.4. The average molecular weight is 295 g/mol. The number of anilines is 1. The third kappa shape index (κ3) is 3.76. The molecule has 0 radical (unpaired) electrons. The minimum absolute atomic E-state index is 0.0449. The molecule has 1 heterocycles. The lowest BCUT2D eigenvalue weighted by molar-refractivity contribution is 0.148. The fourth-order valence-corrected chi connectivity index (χ4v) is 1.83. The van der Waals surface area contributed by atoms with E-state index in [-0.39, 0.29) is 6.54 Å². The van der Waals surface area contributed by atoms with Crippen LogP contribution >= 0.6 is 11.6 Å². The Bertz CT molecular complexity index is 598. The first-order valence-electron chi connectivity index (χ1n) is 6.10. The number of para-hydroxylation sites is 1. The molecule has 2 aromatic rings. The lowest BCUT2D eigenvalue weighted by Gasteiger charge is -2.11. The zero-order chi connectivity index (χ0) is 14.5. The van der Waals surface area contributed by atoms with Gasteiger partial charge in [0, 0.05) is 0 Å². The SMILES string of the molecule is Cc1ccc([C@@H](O)CNC(=O)Nc2ccccc2Cl)o1. The van der Waals surface area contributed by atoms with Crippen molar-refractivity contribution in [3.05, 3.63) is 52.9 Å². The van der Waals surface area contributed by atoms with Crippen LogP contribution in [0.1, 0.15) is 17.6 Å². The number of carbonyl (C=O) groups is 1. The van der Waals surface area contributed by atoms with E-state index in [0.717, 1.165) is 0 Å². The first-order chi connectivity index (χ1) is 9.56. The molecule has 3 N–H and O–H groups in total. The van der Waals surface area contributed by atoms with Gasteiger partial charge in [0.15, 0.2) is 0 Å². The molecular formula is C14H15ClN2O3. The van der Waals surface area contributed by atoms with Gasteiger partial charge in [-0.05, 0) is 31.2 Å². The smallest absolute Gasteiger partial charge is 0.319 e. The van der Waals surface area contributed by atoms with Crippen molar-refractivity contribution in [3.63, 3.8) is 0 Å². The summed E-state index contributed by atoms with van der Waals surface area (Å²) < 4.78 is 5.27. The number of urea groups is 1. The van der Waals surface area contributed by atoms with Gasteiger partial charge in [-0.1, -0.05) is 23.7 Å². The van der Waals surface area contributed by atoms with Crippen LogP contribution < -0.4 is 10.6 Å². The van der Waals surface area contributed by atoms with E-state index in [9.17, 15) is 9.90 Å². The summed E-state index contributed by atoms with van der Waals surface area (Å²) in [5.74, 6) is 1.13. The molecule has 0 spiro atoms. The number of rotatable bonds is 4. The van der Waals surface area contributed by atoms with Crippen LogP contribution in [0, 0.1) is 6.92 Å². The third-order valence-corrected chi connectivity index (χ3v) is 3.00. The van der Waals surface area contributed by atoms with Crippen LogP contribution in [0.5, 0.6) is 0 Å². The quantitative estimate of drug-likeness (QED) is 0.811. The van der Waals surface area contributed by atoms with Crippen LogP contribution in [0.2, 0.25) is 5.02 Å². The van der Waals surface area contributed by atoms with E-state index in [4.69, 9.17) is 16.0 Å². The number of halogens is 1. The number of nitrogens with one attached hydrogen (secondary N) is 2. The summed E-state index contributed by atoms with van der Waals surface area (Å²) >= 11 is 5.92. The molecule has 0 bridgehead atoms. The minimum Gasteiger partial charge on any atom is -0.464 e. The summed E-state index contributed by atoms with van der Waals surface area (Å²) in [6, 6.07) is 9.89. The largest absolute Gasteiger partial charge is 0.464 e. The molecule has 2 rings (SSSR count). The number of aliphatic hydroxyl groups excluding tert-OH is 1. The Morgan fingerprint density at radius 1 is 1.35 bits per heavy atom. The number of hydrogen-bond donors (Lipinski definition) is 3. The molecule has 1 aromatic carbocycles. The predicted molar refractivity (Wildman–Crippen MR) is 76.9 cm³/mol. The molecule has 0 aliphatic heterocycles. The summed E-state index contributed by atoms with van der Waals surface area (Å²) in [6.07, 6.45) is -0.888. The molecule has 6 heteroatoms. The van der Waals surface area contributed by atoms with Crippen LogP contribution in [0.4, 0.5) is 10.5 Å². The zero-order valence-corrected chi connectivity index (χ0v) is 11.6. The highest BCUT2D eigenvalue weighted by Gasteiger charge is 2.13. The standard InChI is InChI=1S/C14H15ClN2O3/c1-9-6-7-13(20-9)12(18)8-16-14(19)17-11-5-3-2-4-10(11)15/h2-7,12,18H,8H2,1H3,(H2,16,17,19)/t12-/m0/s1. The lowest BCUT2D eigenvalue weighted by Crippen LogP contribution is -2.32. The topological polar surface area (TPSA) is 74.5 Å². The van der Waals surface area contributed by atoms with Crippen LogP contribution in [0.15, 0.2) is 40.8 Å². The van der Waals surface area contributed by atoms with E-state index < -0.39 is 12.1 Å². The molecule has 0 saturated carbocycles. The molecule has 0 saturated heterocycles. The average Bonchev–Trinajstić information content (AvgIpc) is 2.85. The van der Waals surface area contributed by atoms with E-state index in [1.807, 2.05) is 0 Å². The van der Waals surface area contributed by atoms with Gasteiger partial charge in [-0.15, -0.1) is 0 Å². The maximum Gasteiger partial charge on any atom is 0.319 e. The van der Waals surface area contributed by atoms with Crippen molar-refractivity contribution in [2.24, 2.45) is 0 Å². The summed E-state index contributed by atoms with van der Waals surface area (Å²) in [7, 11) is 0. The Labute approximate surface area is 121 Å². The number of hydrogen-bond acceptors (Lipinski definition) is 3. The fraction of sp³-hybridized carbons (Fsp3) is 0.214. The van der Waals surface area contributed by atoms with Crippen LogP contribution in [-0.2, 0) is 0 Å². The molecule has 0 aliphatic carbocycles. The maximum absolute atomic E-state index is 11.7. The molecule has 5 nitrogen and oxygen atoms in total. The van der Waals surface area contributed by atoms with Crippen molar-refractivity contribution in [1.29, 1.82) is 0 Å².